The normalized spacial score (nSPS) is 18.1. The van der Waals surface area contributed by atoms with E-state index >= 15 is 0 Å². The second-order valence-electron chi connectivity index (χ2n) is 7.87. The van der Waals surface area contributed by atoms with Gasteiger partial charge in [-0.3, -0.25) is 14.5 Å². The van der Waals surface area contributed by atoms with Crippen LogP contribution in [0.2, 0.25) is 5.02 Å². The molecule has 1 saturated heterocycles. The van der Waals surface area contributed by atoms with Crippen molar-refractivity contribution in [2.45, 2.75) is 33.7 Å². The second kappa shape index (κ2) is 7.75. The summed E-state index contributed by atoms with van der Waals surface area (Å²) in [6, 6.07) is 13.3. The van der Waals surface area contributed by atoms with Gasteiger partial charge in [0.1, 0.15) is 23.3 Å². The maximum absolute atomic E-state index is 13.2. The van der Waals surface area contributed by atoms with Gasteiger partial charge in [-0.1, -0.05) is 35.4 Å². The Labute approximate surface area is 185 Å². The van der Waals surface area contributed by atoms with Crippen molar-refractivity contribution in [3.8, 4) is 0 Å². The number of rotatable bonds is 3. The second-order valence-corrected chi connectivity index (χ2v) is 8.28. The molecular weight excluding hydrogens is 414 g/mol. The molecule has 5 nitrogen and oxygen atoms in total. The molecule has 4 rings (SSSR count). The number of halogens is 1. The molecule has 31 heavy (non-hydrogen) atoms. The van der Waals surface area contributed by atoms with Crippen LogP contribution in [0, 0.1) is 27.7 Å². The summed E-state index contributed by atoms with van der Waals surface area (Å²) in [6.45, 7) is 7.38. The number of hydrogen-bond acceptors (Lipinski definition) is 4. The van der Waals surface area contributed by atoms with Gasteiger partial charge in [0.05, 0.1) is 5.57 Å². The minimum atomic E-state index is -0.910. The van der Waals surface area contributed by atoms with Crippen LogP contribution >= 0.6 is 11.6 Å². The van der Waals surface area contributed by atoms with E-state index < -0.39 is 17.7 Å². The number of aliphatic hydroxyl groups is 1. The number of anilines is 1. The van der Waals surface area contributed by atoms with Crippen molar-refractivity contribution in [1.29, 1.82) is 0 Å². The van der Waals surface area contributed by atoms with Crippen molar-refractivity contribution in [2.75, 3.05) is 4.90 Å². The summed E-state index contributed by atoms with van der Waals surface area (Å²) >= 11 is 6.30. The zero-order valence-corrected chi connectivity index (χ0v) is 18.4. The first-order chi connectivity index (χ1) is 14.7. The van der Waals surface area contributed by atoms with Crippen LogP contribution in [0.4, 0.5) is 5.69 Å². The maximum atomic E-state index is 13.2. The highest BCUT2D eigenvalue weighted by Gasteiger charge is 2.48. The summed E-state index contributed by atoms with van der Waals surface area (Å²) in [6.07, 6.45) is 0. The number of carbonyl (C=O) groups is 2. The molecule has 1 amide bonds. The van der Waals surface area contributed by atoms with Gasteiger partial charge in [-0.15, -0.1) is 0 Å². The lowest BCUT2D eigenvalue weighted by molar-refractivity contribution is -0.132. The quantitative estimate of drug-likeness (QED) is 0.321. The molecular formula is C25H22ClNO4. The summed E-state index contributed by atoms with van der Waals surface area (Å²) in [4.78, 5) is 27.6. The molecule has 6 heteroatoms. The van der Waals surface area contributed by atoms with Crippen LogP contribution in [0.25, 0.3) is 5.76 Å². The Kier molecular flexibility index (Phi) is 5.23. The largest absolute Gasteiger partial charge is 0.507 e. The number of Topliss-reactive ketones (excluding diaryl/α,β-unsaturated/α-hetero) is 1. The molecule has 1 atom stereocenters. The zero-order valence-electron chi connectivity index (χ0n) is 17.7. The van der Waals surface area contributed by atoms with E-state index in [1.807, 2.05) is 32.9 Å². The summed E-state index contributed by atoms with van der Waals surface area (Å²) in [5.41, 5.74) is 3.52. The zero-order chi connectivity index (χ0) is 22.4. The highest BCUT2D eigenvalue weighted by molar-refractivity contribution is 6.51. The number of amides is 1. The van der Waals surface area contributed by atoms with E-state index in [1.165, 1.54) is 4.90 Å². The Morgan fingerprint density at radius 3 is 2.32 bits per heavy atom. The molecule has 0 bridgehead atoms. The molecule has 1 aliphatic heterocycles. The number of nitrogens with zero attached hydrogens (tertiary/aromatic N) is 1. The van der Waals surface area contributed by atoms with Crippen LogP contribution in [-0.2, 0) is 9.59 Å². The fraction of sp³-hybridized carbons (Fsp3) is 0.200. The third-order valence-electron chi connectivity index (χ3n) is 5.56. The lowest BCUT2D eigenvalue weighted by Gasteiger charge is -2.24. The monoisotopic (exact) mass is 435 g/mol. The minimum Gasteiger partial charge on any atom is -0.507 e. The van der Waals surface area contributed by atoms with Gasteiger partial charge >= 0.3 is 0 Å². The Bertz CT molecular complexity index is 1250. The summed E-state index contributed by atoms with van der Waals surface area (Å²) < 4.78 is 5.82. The fourth-order valence-electron chi connectivity index (χ4n) is 3.84. The third kappa shape index (κ3) is 3.55. The van der Waals surface area contributed by atoms with Crippen molar-refractivity contribution in [2.24, 2.45) is 0 Å². The Balaban J connectivity index is 1.98. The van der Waals surface area contributed by atoms with Crippen LogP contribution < -0.4 is 4.90 Å². The Hall–Kier alpha value is -3.31. The number of furan rings is 1. The predicted molar refractivity (Wildman–Crippen MR) is 120 cm³/mol. The van der Waals surface area contributed by atoms with Crippen molar-refractivity contribution in [3.63, 3.8) is 0 Å². The third-order valence-corrected chi connectivity index (χ3v) is 5.96. The number of ketones is 1. The van der Waals surface area contributed by atoms with Crippen molar-refractivity contribution < 1.29 is 19.1 Å². The minimum absolute atomic E-state index is 0.00949. The molecule has 1 aliphatic rings. The Morgan fingerprint density at radius 2 is 1.68 bits per heavy atom. The lowest BCUT2D eigenvalue weighted by atomic mass is 9.96. The average molecular weight is 436 g/mol. The van der Waals surface area contributed by atoms with Crippen LogP contribution in [0.3, 0.4) is 0 Å². The molecule has 0 radical (unpaired) electrons. The highest BCUT2D eigenvalue weighted by atomic mass is 35.5. The first-order valence-electron chi connectivity index (χ1n) is 9.90. The van der Waals surface area contributed by atoms with Crippen LogP contribution in [0.5, 0.6) is 0 Å². The SMILES string of the molecule is Cc1ccc(C)c(/C(O)=C2/C(=O)C(=O)N(c3ccc(C)c(Cl)c3)C2c2ccc(C)o2)c1. The van der Waals surface area contributed by atoms with Gasteiger partial charge in [-0.05, 0) is 69.2 Å². The van der Waals surface area contributed by atoms with Crippen molar-refractivity contribution in [1.82, 2.24) is 0 Å². The van der Waals surface area contributed by atoms with E-state index in [4.69, 9.17) is 16.0 Å². The molecule has 1 aromatic heterocycles. The van der Waals surface area contributed by atoms with E-state index in [0.717, 1.165) is 16.7 Å². The number of aryl methyl sites for hydroxylation is 4. The predicted octanol–water partition coefficient (Wildman–Crippen LogP) is 5.79. The first kappa shape index (κ1) is 20.9. The number of benzene rings is 2. The molecule has 2 aromatic carbocycles. The van der Waals surface area contributed by atoms with Gasteiger partial charge in [-0.2, -0.15) is 0 Å². The topological polar surface area (TPSA) is 70.8 Å². The first-order valence-corrected chi connectivity index (χ1v) is 10.3. The van der Waals surface area contributed by atoms with Crippen molar-refractivity contribution >= 4 is 34.7 Å². The molecule has 1 fully saturated rings. The molecule has 158 valence electrons. The number of hydrogen-bond donors (Lipinski definition) is 1. The van der Waals surface area contributed by atoms with Crippen LogP contribution in [0.15, 0.2) is 58.5 Å². The maximum Gasteiger partial charge on any atom is 0.300 e. The molecule has 0 spiro atoms. The fourth-order valence-corrected chi connectivity index (χ4v) is 4.01. The number of carbonyl (C=O) groups excluding carboxylic acids is 2. The smallest absolute Gasteiger partial charge is 0.300 e. The van der Waals surface area contributed by atoms with Crippen molar-refractivity contribution in [3.05, 3.63) is 92.9 Å². The van der Waals surface area contributed by atoms with E-state index in [0.29, 0.717) is 27.8 Å². The summed E-state index contributed by atoms with van der Waals surface area (Å²) in [7, 11) is 0. The summed E-state index contributed by atoms with van der Waals surface area (Å²) in [5.74, 6) is -0.714. The Morgan fingerprint density at radius 1 is 0.968 bits per heavy atom. The number of aliphatic hydroxyl groups excluding tert-OH is 1. The van der Waals surface area contributed by atoms with E-state index in [-0.39, 0.29) is 11.3 Å². The van der Waals surface area contributed by atoms with Gasteiger partial charge in [0.2, 0.25) is 0 Å². The van der Waals surface area contributed by atoms with Crippen LogP contribution in [-0.4, -0.2) is 16.8 Å². The highest BCUT2D eigenvalue weighted by Crippen LogP contribution is 2.43. The van der Waals surface area contributed by atoms with E-state index in [2.05, 4.69) is 0 Å². The van der Waals surface area contributed by atoms with E-state index in [1.54, 1.807) is 43.3 Å². The average Bonchev–Trinajstić information content (AvgIpc) is 3.27. The molecule has 1 unspecified atom stereocenters. The molecule has 1 N–H and O–H groups in total. The lowest BCUT2D eigenvalue weighted by Crippen LogP contribution is -2.29. The molecule has 2 heterocycles. The van der Waals surface area contributed by atoms with Gasteiger partial charge in [0.15, 0.2) is 0 Å². The van der Waals surface area contributed by atoms with Gasteiger partial charge in [0.25, 0.3) is 11.7 Å². The summed E-state index contributed by atoms with van der Waals surface area (Å²) in [5, 5.41) is 11.7. The van der Waals surface area contributed by atoms with Crippen LogP contribution in [0.1, 0.15) is 39.8 Å². The van der Waals surface area contributed by atoms with Gasteiger partial charge in [0, 0.05) is 16.3 Å². The van der Waals surface area contributed by atoms with Gasteiger partial charge < -0.3 is 9.52 Å². The van der Waals surface area contributed by atoms with E-state index in [9.17, 15) is 14.7 Å². The van der Waals surface area contributed by atoms with Gasteiger partial charge in [-0.25, -0.2) is 0 Å². The standard InChI is InChI=1S/C25H22ClNO4/c1-13-5-6-14(2)18(11-13)23(28)21-22(20-10-8-16(4)31-20)27(25(30)24(21)29)17-9-7-15(3)19(26)12-17/h5-12,22,28H,1-4H3/b23-21-. The molecule has 3 aromatic rings. The molecule has 0 aliphatic carbocycles. The molecule has 0 saturated carbocycles.